The molecule has 4 aromatic rings. The molecule has 0 fully saturated rings. The molecule has 2 heterocycles. The molecule has 1 N–H and O–H groups in total. The van der Waals surface area contributed by atoms with Crippen LogP contribution in [0.5, 0.6) is 11.5 Å². The summed E-state index contributed by atoms with van der Waals surface area (Å²) < 4.78 is 13.8. The molecule has 9 nitrogen and oxygen atoms in total. The van der Waals surface area contributed by atoms with Crippen LogP contribution in [0, 0.1) is 0 Å². The SMILES string of the molecule is C=CCn1c(=O)c2ccccc2n2c(SC(C)C(=O)Nc3cc(OC)cc(OC)c3)nnc12. The number of rotatable bonds is 8. The van der Waals surface area contributed by atoms with Gasteiger partial charge in [-0.15, -0.1) is 16.8 Å². The lowest BCUT2D eigenvalue weighted by Gasteiger charge is -2.14. The third-order valence-electron chi connectivity index (χ3n) is 5.06. The lowest BCUT2D eigenvalue weighted by Crippen LogP contribution is -2.24. The first kappa shape index (κ1) is 22.4. The average molecular weight is 466 g/mol. The number of carbonyl (C=O) groups excluding carboxylic acids is 1. The zero-order valence-electron chi connectivity index (χ0n) is 18.4. The molecule has 0 saturated heterocycles. The molecule has 4 rings (SSSR count). The third-order valence-corrected chi connectivity index (χ3v) is 6.10. The van der Waals surface area contributed by atoms with Crippen LogP contribution in [0.25, 0.3) is 16.7 Å². The zero-order valence-corrected chi connectivity index (χ0v) is 19.3. The minimum atomic E-state index is -0.506. The molecule has 0 aliphatic carbocycles. The van der Waals surface area contributed by atoms with Crippen molar-refractivity contribution >= 4 is 40.0 Å². The maximum atomic E-state index is 12.9. The van der Waals surface area contributed by atoms with Gasteiger partial charge in [-0.25, -0.2) is 0 Å². The number of methoxy groups -OCH3 is 2. The van der Waals surface area contributed by atoms with Crippen LogP contribution >= 0.6 is 11.8 Å². The largest absolute Gasteiger partial charge is 0.497 e. The number of hydrogen-bond acceptors (Lipinski definition) is 7. The van der Waals surface area contributed by atoms with E-state index in [0.717, 1.165) is 0 Å². The van der Waals surface area contributed by atoms with Gasteiger partial charge < -0.3 is 14.8 Å². The molecule has 0 spiro atoms. The smallest absolute Gasteiger partial charge is 0.263 e. The van der Waals surface area contributed by atoms with Crippen molar-refractivity contribution < 1.29 is 14.3 Å². The second kappa shape index (κ2) is 9.37. The number of para-hydroxylation sites is 1. The second-order valence-corrected chi connectivity index (χ2v) is 8.50. The van der Waals surface area contributed by atoms with E-state index in [-0.39, 0.29) is 11.5 Å². The predicted molar refractivity (Wildman–Crippen MR) is 128 cm³/mol. The highest BCUT2D eigenvalue weighted by molar-refractivity contribution is 8.00. The number of ether oxygens (including phenoxy) is 2. The van der Waals surface area contributed by atoms with Gasteiger partial charge in [0.05, 0.1) is 30.4 Å². The molecule has 0 aliphatic rings. The number of nitrogens with one attached hydrogen (secondary N) is 1. The third kappa shape index (κ3) is 4.29. The van der Waals surface area contributed by atoms with Crippen LogP contribution < -0.4 is 20.3 Å². The number of allylic oxidation sites excluding steroid dienone is 1. The van der Waals surface area contributed by atoms with Crippen molar-refractivity contribution in [2.75, 3.05) is 19.5 Å². The minimum Gasteiger partial charge on any atom is -0.497 e. The lowest BCUT2D eigenvalue weighted by atomic mass is 10.2. The Morgan fingerprint density at radius 2 is 1.88 bits per heavy atom. The molecule has 0 radical (unpaired) electrons. The quantitative estimate of drug-likeness (QED) is 0.315. The first-order valence-corrected chi connectivity index (χ1v) is 11.0. The maximum absolute atomic E-state index is 12.9. The molecule has 2 aromatic heterocycles. The highest BCUT2D eigenvalue weighted by Gasteiger charge is 2.21. The molecular weight excluding hydrogens is 442 g/mol. The van der Waals surface area contributed by atoms with Gasteiger partial charge in [-0.05, 0) is 19.1 Å². The Labute approximate surface area is 194 Å². The van der Waals surface area contributed by atoms with Gasteiger partial charge in [0.1, 0.15) is 11.5 Å². The number of hydrogen-bond donors (Lipinski definition) is 1. The van der Waals surface area contributed by atoms with Gasteiger partial charge in [0.15, 0.2) is 5.16 Å². The van der Waals surface area contributed by atoms with E-state index < -0.39 is 5.25 Å². The number of fused-ring (bicyclic) bond motifs is 3. The molecular formula is C23H23N5O4S. The van der Waals surface area contributed by atoms with Crippen molar-refractivity contribution in [3.05, 3.63) is 65.5 Å². The molecule has 33 heavy (non-hydrogen) atoms. The van der Waals surface area contributed by atoms with E-state index in [0.29, 0.717) is 45.6 Å². The Balaban J connectivity index is 1.67. The number of anilines is 1. The van der Waals surface area contributed by atoms with E-state index in [2.05, 4.69) is 22.1 Å². The van der Waals surface area contributed by atoms with E-state index in [9.17, 15) is 9.59 Å². The van der Waals surface area contributed by atoms with Gasteiger partial charge in [0.25, 0.3) is 5.56 Å². The van der Waals surface area contributed by atoms with Crippen molar-refractivity contribution in [2.45, 2.75) is 23.9 Å². The summed E-state index contributed by atoms with van der Waals surface area (Å²) >= 11 is 1.25. The van der Waals surface area contributed by atoms with Crippen LogP contribution in [-0.2, 0) is 11.3 Å². The summed E-state index contributed by atoms with van der Waals surface area (Å²) in [4.78, 5) is 25.8. The monoisotopic (exact) mass is 465 g/mol. The molecule has 1 amide bonds. The second-order valence-electron chi connectivity index (χ2n) is 7.19. The lowest BCUT2D eigenvalue weighted by molar-refractivity contribution is -0.115. The Bertz CT molecular complexity index is 1390. The molecule has 2 aromatic carbocycles. The van der Waals surface area contributed by atoms with Crippen LogP contribution in [0.15, 0.2) is 65.1 Å². The molecule has 1 atom stereocenters. The van der Waals surface area contributed by atoms with Crippen molar-refractivity contribution in [1.29, 1.82) is 0 Å². The Morgan fingerprint density at radius 1 is 1.18 bits per heavy atom. The summed E-state index contributed by atoms with van der Waals surface area (Å²) in [6.07, 6.45) is 1.64. The number of aromatic nitrogens is 4. The fourth-order valence-corrected chi connectivity index (χ4v) is 4.29. The van der Waals surface area contributed by atoms with Crippen molar-refractivity contribution in [1.82, 2.24) is 19.2 Å². The van der Waals surface area contributed by atoms with E-state index >= 15 is 0 Å². The Kier molecular flexibility index (Phi) is 6.36. The summed E-state index contributed by atoms with van der Waals surface area (Å²) in [5.41, 5.74) is 1.06. The fourth-order valence-electron chi connectivity index (χ4n) is 3.44. The standard InChI is InChI=1S/C23H23N5O4S/c1-5-10-27-21(30)18-8-6-7-9-19(18)28-22(27)25-26-23(28)33-14(2)20(29)24-15-11-16(31-3)13-17(12-15)32-4/h5-9,11-14H,1,10H2,2-4H3,(H,24,29). The average Bonchev–Trinajstić information content (AvgIpc) is 3.24. The number of carbonyl (C=O) groups is 1. The summed E-state index contributed by atoms with van der Waals surface area (Å²) in [5, 5.41) is 11.9. The van der Waals surface area contributed by atoms with Gasteiger partial charge >= 0.3 is 0 Å². The van der Waals surface area contributed by atoms with Crippen molar-refractivity contribution in [2.24, 2.45) is 0 Å². The first-order chi connectivity index (χ1) is 16.0. The molecule has 0 aliphatic heterocycles. The molecule has 170 valence electrons. The minimum absolute atomic E-state index is 0.167. The van der Waals surface area contributed by atoms with Crippen LogP contribution in [-0.4, -0.2) is 44.5 Å². The van der Waals surface area contributed by atoms with Crippen LogP contribution in [0.4, 0.5) is 5.69 Å². The van der Waals surface area contributed by atoms with Gasteiger partial charge in [-0.1, -0.05) is 30.0 Å². The Morgan fingerprint density at radius 3 is 2.55 bits per heavy atom. The van der Waals surface area contributed by atoms with Crippen molar-refractivity contribution in [3.63, 3.8) is 0 Å². The van der Waals surface area contributed by atoms with Gasteiger partial charge in [-0.2, -0.15) is 0 Å². The fraction of sp³-hybridized carbons (Fsp3) is 0.217. The van der Waals surface area contributed by atoms with E-state index in [1.807, 2.05) is 18.2 Å². The molecule has 0 saturated carbocycles. The van der Waals surface area contributed by atoms with E-state index in [1.54, 1.807) is 55.9 Å². The number of benzene rings is 2. The van der Waals surface area contributed by atoms with Crippen LogP contribution in [0.2, 0.25) is 0 Å². The molecule has 0 bridgehead atoms. The van der Waals surface area contributed by atoms with Gasteiger partial charge in [-0.3, -0.25) is 18.6 Å². The van der Waals surface area contributed by atoms with Crippen LogP contribution in [0.1, 0.15) is 6.92 Å². The number of amides is 1. The normalized spacial score (nSPS) is 12.0. The predicted octanol–water partition coefficient (Wildman–Crippen LogP) is 3.37. The number of nitrogens with zero attached hydrogens (tertiary/aromatic N) is 4. The maximum Gasteiger partial charge on any atom is 0.263 e. The summed E-state index contributed by atoms with van der Waals surface area (Å²) in [5.74, 6) is 1.31. The molecule has 1 unspecified atom stereocenters. The van der Waals surface area contributed by atoms with E-state index in [4.69, 9.17) is 9.47 Å². The summed E-state index contributed by atoms with van der Waals surface area (Å²) in [6, 6.07) is 12.4. The van der Waals surface area contributed by atoms with Gasteiger partial charge in [0, 0.05) is 30.4 Å². The summed E-state index contributed by atoms with van der Waals surface area (Å²) in [6.45, 7) is 5.81. The zero-order chi connectivity index (χ0) is 23.5. The highest BCUT2D eigenvalue weighted by atomic mass is 32.2. The van der Waals surface area contributed by atoms with Gasteiger partial charge in [0.2, 0.25) is 11.7 Å². The number of thioether (sulfide) groups is 1. The first-order valence-electron chi connectivity index (χ1n) is 10.1. The molecule has 10 heteroatoms. The Hall–Kier alpha value is -3.79. The topological polar surface area (TPSA) is 99.8 Å². The van der Waals surface area contributed by atoms with Crippen molar-refractivity contribution in [3.8, 4) is 11.5 Å². The summed E-state index contributed by atoms with van der Waals surface area (Å²) in [7, 11) is 3.09. The highest BCUT2D eigenvalue weighted by Crippen LogP contribution is 2.28. The van der Waals surface area contributed by atoms with Crippen LogP contribution in [0.3, 0.4) is 0 Å². The van der Waals surface area contributed by atoms with E-state index in [1.165, 1.54) is 16.3 Å².